The Morgan fingerprint density at radius 1 is 1.28 bits per heavy atom. The monoisotopic (exact) mass is 411 g/mol. The Morgan fingerprint density at radius 2 is 2.10 bits per heavy atom. The third kappa shape index (κ3) is 3.27. The molecular formula is C21H21N3O4S. The van der Waals surface area contributed by atoms with Gasteiger partial charge >= 0.3 is 0 Å². The van der Waals surface area contributed by atoms with Gasteiger partial charge in [-0.05, 0) is 55.9 Å². The van der Waals surface area contributed by atoms with E-state index in [4.69, 9.17) is 9.47 Å². The summed E-state index contributed by atoms with van der Waals surface area (Å²) in [4.78, 5) is 32.1. The first-order valence-electron chi connectivity index (χ1n) is 9.79. The van der Waals surface area contributed by atoms with Crippen LogP contribution in [0.15, 0.2) is 29.3 Å². The summed E-state index contributed by atoms with van der Waals surface area (Å²) in [5.74, 6) is 1.15. The van der Waals surface area contributed by atoms with Gasteiger partial charge in [-0.15, -0.1) is 11.3 Å². The van der Waals surface area contributed by atoms with Crippen molar-refractivity contribution in [2.24, 2.45) is 0 Å². The van der Waals surface area contributed by atoms with Crippen LogP contribution < -0.4 is 20.3 Å². The standard InChI is InChI=1S/C21H21N3O4S/c1-12(13-6-7-15-16(8-13)28-11-27-15)23-18(25)9-24-10-22-20-19(21(24)26)14-4-2-3-5-17(14)29-20/h6-8,10,12H,2-5,9,11H2,1H3,(H,23,25)/t12-/m0/s1. The maximum absolute atomic E-state index is 13.0. The number of carbonyl (C=O) groups excluding carboxylic acids is 1. The smallest absolute Gasteiger partial charge is 0.262 e. The summed E-state index contributed by atoms with van der Waals surface area (Å²) < 4.78 is 12.1. The minimum atomic E-state index is -0.234. The number of ether oxygens (including phenoxy) is 2. The zero-order chi connectivity index (χ0) is 20.0. The second-order valence-corrected chi connectivity index (χ2v) is 8.55. The van der Waals surface area contributed by atoms with Crippen LogP contribution >= 0.6 is 11.3 Å². The highest BCUT2D eigenvalue weighted by Gasteiger charge is 2.21. The van der Waals surface area contributed by atoms with Gasteiger partial charge in [0.25, 0.3) is 5.56 Å². The molecule has 1 amide bonds. The van der Waals surface area contributed by atoms with Crippen molar-refractivity contribution in [1.29, 1.82) is 0 Å². The van der Waals surface area contributed by atoms with Crippen molar-refractivity contribution in [3.63, 3.8) is 0 Å². The molecule has 1 aliphatic heterocycles. The predicted molar refractivity (Wildman–Crippen MR) is 110 cm³/mol. The van der Waals surface area contributed by atoms with Gasteiger partial charge in [-0.3, -0.25) is 14.2 Å². The number of hydrogen-bond donors (Lipinski definition) is 1. The Hall–Kier alpha value is -2.87. The lowest BCUT2D eigenvalue weighted by Crippen LogP contribution is -2.34. The topological polar surface area (TPSA) is 82.5 Å². The molecule has 0 fully saturated rings. The lowest BCUT2D eigenvalue weighted by molar-refractivity contribution is -0.122. The van der Waals surface area contributed by atoms with E-state index in [0.29, 0.717) is 16.9 Å². The summed E-state index contributed by atoms with van der Waals surface area (Å²) in [6, 6.07) is 5.38. The second kappa shape index (κ2) is 7.18. The number of aromatic nitrogens is 2. The average Bonchev–Trinajstić information content (AvgIpc) is 3.33. The lowest BCUT2D eigenvalue weighted by atomic mass is 9.97. The predicted octanol–water partition coefficient (Wildman–Crippen LogP) is 2.94. The van der Waals surface area contributed by atoms with E-state index in [0.717, 1.165) is 41.6 Å². The number of benzene rings is 1. The highest BCUT2D eigenvalue weighted by atomic mass is 32.1. The maximum atomic E-state index is 13.0. The molecule has 5 rings (SSSR count). The van der Waals surface area contributed by atoms with Crippen molar-refractivity contribution in [1.82, 2.24) is 14.9 Å². The number of carbonyl (C=O) groups is 1. The fourth-order valence-electron chi connectivity index (χ4n) is 4.00. The first-order chi connectivity index (χ1) is 14.1. The van der Waals surface area contributed by atoms with Crippen LogP contribution in [-0.2, 0) is 24.2 Å². The van der Waals surface area contributed by atoms with E-state index >= 15 is 0 Å². The molecule has 0 bridgehead atoms. The molecule has 0 radical (unpaired) electrons. The number of rotatable bonds is 4. The van der Waals surface area contributed by atoms with Gasteiger partial charge in [0.2, 0.25) is 12.7 Å². The quantitative estimate of drug-likeness (QED) is 0.714. The number of nitrogens with one attached hydrogen (secondary N) is 1. The van der Waals surface area contributed by atoms with Crippen LogP contribution in [0.1, 0.15) is 41.8 Å². The Balaban J connectivity index is 1.34. The highest BCUT2D eigenvalue weighted by molar-refractivity contribution is 7.18. The summed E-state index contributed by atoms with van der Waals surface area (Å²) in [7, 11) is 0. The van der Waals surface area contributed by atoms with Crippen molar-refractivity contribution in [2.45, 2.75) is 45.2 Å². The summed E-state index contributed by atoms with van der Waals surface area (Å²) in [6.07, 6.45) is 5.68. The number of fused-ring (bicyclic) bond motifs is 4. The SMILES string of the molecule is C[C@H](NC(=O)Cn1cnc2sc3c(c2c1=O)CCCC3)c1ccc2c(c1)OCO2. The Kier molecular flexibility index (Phi) is 4.50. The third-order valence-electron chi connectivity index (χ3n) is 5.53. The third-order valence-corrected chi connectivity index (χ3v) is 6.73. The maximum Gasteiger partial charge on any atom is 0.262 e. The Labute approximate surface area is 171 Å². The van der Waals surface area contributed by atoms with Crippen molar-refractivity contribution in [2.75, 3.05) is 6.79 Å². The molecule has 29 heavy (non-hydrogen) atoms. The summed E-state index contributed by atoms with van der Waals surface area (Å²) in [5.41, 5.74) is 1.92. The summed E-state index contributed by atoms with van der Waals surface area (Å²) >= 11 is 1.61. The molecule has 2 aromatic heterocycles. The minimum absolute atomic E-state index is 0.0543. The molecule has 8 heteroatoms. The highest BCUT2D eigenvalue weighted by Crippen LogP contribution is 2.34. The minimum Gasteiger partial charge on any atom is -0.454 e. The van der Waals surface area contributed by atoms with Crippen LogP contribution in [0.25, 0.3) is 10.2 Å². The molecule has 1 aliphatic carbocycles. The molecule has 3 aromatic rings. The van der Waals surface area contributed by atoms with Crippen molar-refractivity contribution < 1.29 is 14.3 Å². The van der Waals surface area contributed by atoms with Crippen LogP contribution in [0.4, 0.5) is 0 Å². The number of thiophene rings is 1. The molecule has 0 saturated heterocycles. The van der Waals surface area contributed by atoms with Crippen LogP contribution in [0.2, 0.25) is 0 Å². The van der Waals surface area contributed by atoms with Crippen molar-refractivity contribution in [3.05, 3.63) is 50.9 Å². The van der Waals surface area contributed by atoms with Gasteiger partial charge in [0.05, 0.1) is 17.8 Å². The molecule has 1 N–H and O–H groups in total. The summed E-state index contributed by atoms with van der Waals surface area (Å²) in [6.45, 7) is 2.06. The van der Waals surface area contributed by atoms with Gasteiger partial charge in [-0.25, -0.2) is 4.98 Å². The number of aryl methyl sites for hydroxylation is 2. The van der Waals surface area contributed by atoms with E-state index in [1.165, 1.54) is 15.8 Å². The lowest BCUT2D eigenvalue weighted by Gasteiger charge is -2.15. The Morgan fingerprint density at radius 3 is 3.00 bits per heavy atom. The van der Waals surface area contributed by atoms with Crippen molar-refractivity contribution in [3.8, 4) is 11.5 Å². The van der Waals surface area contributed by atoms with Gasteiger partial charge in [-0.1, -0.05) is 6.07 Å². The fraction of sp³-hybridized carbons (Fsp3) is 0.381. The van der Waals surface area contributed by atoms with E-state index in [9.17, 15) is 9.59 Å². The Bertz CT molecular complexity index is 1170. The van der Waals surface area contributed by atoms with Gasteiger partial charge in [0.15, 0.2) is 11.5 Å². The van der Waals surface area contributed by atoms with Crippen LogP contribution in [0.3, 0.4) is 0 Å². The normalized spacial score (nSPS) is 15.9. The molecule has 7 nitrogen and oxygen atoms in total. The largest absolute Gasteiger partial charge is 0.454 e. The van der Waals surface area contributed by atoms with Crippen LogP contribution in [0, 0.1) is 0 Å². The van der Waals surface area contributed by atoms with Gasteiger partial charge in [0.1, 0.15) is 11.4 Å². The molecule has 0 saturated carbocycles. The molecular weight excluding hydrogens is 390 g/mol. The van der Waals surface area contributed by atoms with Gasteiger partial charge < -0.3 is 14.8 Å². The average molecular weight is 411 g/mol. The first kappa shape index (κ1) is 18.2. The first-order valence-corrected chi connectivity index (χ1v) is 10.6. The molecule has 0 spiro atoms. The zero-order valence-electron chi connectivity index (χ0n) is 16.1. The molecule has 1 aromatic carbocycles. The number of hydrogen-bond acceptors (Lipinski definition) is 6. The number of nitrogens with zero attached hydrogens (tertiary/aromatic N) is 2. The van der Waals surface area contributed by atoms with E-state index in [2.05, 4.69) is 10.3 Å². The van der Waals surface area contributed by atoms with Gasteiger partial charge in [0, 0.05) is 4.88 Å². The fourth-order valence-corrected chi connectivity index (χ4v) is 5.22. The molecule has 3 heterocycles. The van der Waals surface area contributed by atoms with E-state index in [-0.39, 0.29) is 30.8 Å². The van der Waals surface area contributed by atoms with E-state index < -0.39 is 0 Å². The molecule has 0 unspecified atom stereocenters. The van der Waals surface area contributed by atoms with Crippen LogP contribution in [-0.4, -0.2) is 22.3 Å². The zero-order valence-corrected chi connectivity index (χ0v) is 16.9. The van der Waals surface area contributed by atoms with Crippen molar-refractivity contribution >= 4 is 27.5 Å². The molecule has 1 atom stereocenters. The second-order valence-electron chi connectivity index (χ2n) is 7.47. The number of amides is 1. The van der Waals surface area contributed by atoms with E-state index in [1.54, 1.807) is 11.3 Å². The van der Waals surface area contributed by atoms with Crippen LogP contribution in [0.5, 0.6) is 11.5 Å². The summed E-state index contributed by atoms with van der Waals surface area (Å²) in [5, 5.41) is 3.65. The molecule has 150 valence electrons. The van der Waals surface area contributed by atoms with Gasteiger partial charge in [-0.2, -0.15) is 0 Å². The van der Waals surface area contributed by atoms with E-state index in [1.807, 2.05) is 25.1 Å². The molecule has 2 aliphatic rings.